The molecule has 182 valence electrons. The van der Waals surface area contributed by atoms with Crippen LogP contribution in [0, 0.1) is 0 Å². The van der Waals surface area contributed by atoms with Gasteiger partial charge >= 0.3 is 0 Å². The monoisotopic (exact) mass is 529 g/mol. The van der Waals surface area contributed by atoms with Crippen molar-refractivity contribution < 1.29 is 17.9 Å². The van der Waals surface area contributed by atoms with E-state index in [0.717, 1.165) is 16.7 Å². The van der Waals surface area contributed by atoms with Crippen molar-refractivity contribution in [2.45, 2.75) is 19.0 Å². The molecule has 5 nitrogen and oxygen atoms in total. The summed E-state index contributed by atoms with van der Waals surface area (Å²) in [7, 11) is -3.17. The van der Waals surface area contributed by atoms with Crippen LogP contribution >= 0.6 is 23.2 Å². The Balaban J connectivity index is 1.57. The molecule has 1 unspecified atom stereocenters. The number of sulfone groups is 1. The number of benzene rings is 3. The Hall–Kier alpha value is -2.80. The van der Waals surface area contributed by atoms with E-state index in [4.69, 9.17) is 27.9 Å². The molecule has 1 aliphatic heterocycles. The molecule has 4 rings (SSSR count). The number of rotatable bonds is 8. The lowest BCUT2D eigenvalue weighted by atomic mass is 10.0. The lowest BCUT2D eigenvalue weighted by Gasteiger charge is -2.29. The van der Waals surface area contributed by atoms with Gasteiger partial charge in [0, 0.05) is 33.8 Å². The van der Waals surface area contributed by atoms with E-state index in [1.54, 1.807) is 47.4 Å². The van der Waals surface area contributed by atoms with Crippen molar-refractivity contribution >= 4 is 38.9 Å². The van der Waals surface area contributed by atoms with E-state index in [-0.39, 0.29) is 23.5 Å². The van der Waals surface area contributed by atoms with Crippen LogP contribution in [-0.2, 0) is 16.4 Å². The summed E-state index contributed by atoms with van der Waals surface area (Å²) >= 11 is 12.3. The zero-order chi connectivity index (χ0) is 25.0. The summed E-state index contributed by atoms with van der Waals surface area (Å²) in [5.41, 5.74) is 3.15. The molecule has 8 heteroatoms. The minimum atomic E-state index is -3.17. The van der Waals surface area contributed by atoms with Crippen molar-refractivity contribution in [3.63, 3.8) is 0 Å². The van der Waals surface area contributed by atoms with E-state index in [0.29, 0.717) is 40.9 Å². The predicted molar refractivity (Wildman–Crippen MR) is 141 cm³/mol. The molecule has 1 fully saturated rings. The molecule has 1 heterocycles. The minimum Gasteiger partial charge on any atom is -0.490 e. The summed E-state index contributed by atoms with van der Waals surface area (Å²) in [6, 6.07) is 19.5. The van der Waals surface area contributed by atoms with Crippen LogP contribution in [0.25, 0.3) is 11.1 Å². The third-order valence-electron chi connectivity index (χ3n) is 5.93. The molecule has 0 aromatic heterocycles. The number of amides is 1. The molecule has 0 N–H and O–H groups in total. The Morgan fingerprint density at radius 3 is 2.37 bits per heavy atom. The average molecular weight is 530 g/mol. The molecule has 1 saturated heterocycles. The predicted octanol–water partition coefficient (Wildman–Crippen LogP) is 6.05. The molecule has 0 saturated carbocycles. The molecule has 3 aromatic carbocycles. The van der Waals surface area contributed by atoms with Gasteiger partial charge in [0.2, 0.25) is 0 Å². The highest BCUT2D eigenvalue weighted by Gasteiger charge is 2.35. The van der Waals surface area contributed by atoms with E-state index in [1.807, 2.05) is 30.3 Å². The Bertz CT molecular complexity index is 1320. The summed E-state index contributed by atoms with van der Waals surface area (Å²) in [6.45, 7) is 4.29. The highest BCUT2D eigenvalue weighted by Crippen LogP contribution is 2.31. The molecule has 1 amide bonds. The second-order valence-electron chi connectivity index (χ2n) is 8.44. The van der Waals surface area contributed by atoms with E-state index in [9.17, 15) is 13.2 Å². The van der Waals surface area contributed by atoms with Crippen LogP contribution in [0.5, 0.6) is 5.75 Å². The van der Waals surface area contributed by atoms with Crippen molar-refractivity contribution in [2.24, 2.45) is 0 Å². The minimum absolute atomic E-state index is 0.0300. The normalized spacial score (nSPS) is 16.6. The number of carbonyl (C=O) groups is 1. The largest absolute Gasteiger partial charge is 0.490 e. The van der Waals surface area contributed by atoms with Gasteiger partial charge in [-0.25, -0.2) is 8.42 Å². The first-order valence-electron chi connectivity index (χ1n) is 11.2. The number of hydrogen-bond donors (Lipinski definition) is 0. The van der Waals surface area contributed by atoms with Gasteiger partial charge in [0.25, 0.3) is 5.91 Å². The van der Waals surface area contributed by atoms with E-state index in [1.165, 1.54) is 0 Å². The van der Waals surface area contributed by atoms with Crippen LogP contribution in [0.1, 0.15) is 22.3 Å². The first-order valence-corrected chi connectivity index (χ1v) is 13.7. The smallest absolute Gasteiger partial charge is 0.254 e. The quantitative estimate of drug-likeness (QED) is 0.333. The maximum Gasteiger partial charge on any atom is 0.254 e. The highest BCUT2D eigenvalue weighted by atomic mass is 35.5. The van der Waals surface area contributed by atoms with Crippen molar-refractivity contribution in [1.29, 1.82) is 0 Å². The van der Waals surface area contributed by atoms with Crippen LogP contribution in [0.2, 0.25) is 10.0 Å². The lowest BCUT2D eigenvalue weighted by molar-refractivity contribution is 0.0681. The highest BCUT2D eigenvalue weighted by molar-refractivity contribution is 7.91. The maximum absolute atomic E-state index is 13.5. The summed E-state index contributed by atoms with van der Waals surface area (Å²) in [5.74, 6) is 0.474. The van der Waals surface area contributed by atoms with Gasteiger partial charge in [-0.05, 0) is 53.9 Å². The van der Waals surface area contributed by atoms with Gasteiger partial charge in [-0.1, -0.05) is 66.2 Å². The zero-order valence-electron chi connectivity index (χ0n) is 19.0. The fourth-order valence-electron chi connectivity index (χ4n) is 4.11. The zero-order valence-corrected chi connectivity index (χ0v) is 21.3. The number of nitrogens with zero attached hydrogens (tertiary/aromatic N) is 1. The standard InChI is InChI=1S/C27H25Cl2NO4S/c1-2-14-34-24-10-7-21(8-11-24)27(31)30(23-13-15-35(32,33)18-23)17-19-3-5-20(6-4-19)25-12-9-22(28)16-26(25)29/h2-12,16,23H,1,13-15,17-18H2. The summed E-state index contributed by atoms with van der Waals surface area (Å²) < 4.78 is 29.8. The average Bonchev–Trinajstić information content (AvgIpc) is 3.21. The fraction of sp³-hybridized carbons (Fsp3) is 0.222. The topological polar surface area (TPSA) is 63.7 Å². The molecular weight excluding hydrogens is 505 g/mol. The maximum atomic E-state index is 13.5. The first-order chi connectivity index (χ1) is 16.8. The third kappa shape index (κ3) is 6.26. The lowest BCUT2D eigenvalue weighted by Crippen LogP contribution is -2.40. The van der Waals surface area contributed by atoms with Gasteiger partial charge < -0.3 is 9.64 Å². The van der Waals surface area contributed by atoms with Crippen LogP contribution in [0.4, 0.5) is 0 Å². The second-order valence-corrected chi connectivity index (χ2v) is 11.5. The number of carbonyl (C=O) groups excluding carboxylic acids is 1. The van der Waals surface area contributed by atoms with Gasteiger partial charge in [-0.15, -0.1) is 0 Å². The Kier molecular flexibility index (Phi) is 7.85. The van der Waals surface area contributed by atoms with Gasteiger partial charge in [-0.2, -0.15) is 0 Å². The molecule has 3 aromatic rings. The van der Waals surface area contributed by atoms with Crippen LogP contribution in [-0.4, -0.2) is 43.4 Å². The molecular formula is C27H25Cl2NO4S. The Morgan fingerprint density at radius 1 is 1.06 bits per heavy atom. The van der Waals surface area contributed by atoms with Crippen LogP contribution in [0.15, 0.2) is 79.4 Å². The van der Waals surface area contributed by atoms with Gasteiger partial charge in [0.05, 0.1) is 11.5 Å². The van der Waals surface area contributed by atoms with Gasteiger partial charge in [0.1, 0.15) is 12.4 Å². The molecule has 1 aliphatic rings. The number of ether oxygens (including phenoxy) is 1. The van der Waals surface area contributed by atoms with E-state index < -0.39 is 9.84 Å². The van der Waals surface area contributed by atoms with Crippen LogP contribution < -0.4 is 4.74 Å². The molecule has 0 bridgehead atoms. The van der Waals surface area contributed by atoms with Crippen molar-refractivity contribution in [3.05, 3.63) is 101 Å². The van der Waals surface area contributed by atoms with Crippen molar-refractivity contribution in [2.75, 3.05) is 18.1 Å². The first kappa shape index (κ1) is 25.3. The van der Waals surface area contributed by atoms with Crippen molar-refractivity contribution in [3.8, 4) is 16.9 Å². The Labute approximate surface area is 215 Å². The summed E-state index contributed by atoms with van der Waals surface area (Å²) in [4.78, 5) is 15.1. The SMILES string of the molecule is C=CCOc1ccc(C(=O)N(Cc2ccc(-c3ccc(Cl)cc3Cl)cc2)C2CCS(=O)(=O)C2)cc1. The van der Waals surface area contributed by atoms with Crippen LogP contribution in [0.3, 0.4) is 0 Å². The molecule has 0 radical (unpaired) electrons. The fourth-order valence-corrected chi connectivity index (χ4v) is 6.36. The molecule has 0 spiro atoms. The van der Waals surface area contributed by atoms with E-state index in [2.05, 4.69) is 6.58 Å². The molecule has 35 heavy (non-hydrogen) atoms. The van der Waals surface area contributed by atoms with Crippen molar-refractivity contribution in [1.82, 2.24) is 4.90 Å². The Morgan fingerprint density at radius 2 is 1.77 bits per heavy atom. The number of halogens is 2. The van der Waals surface area contributed by atoms with E-state index >= 15 is 0 Å². The second kappa shape index (κ2) is 10.9. The number of hydrogen-bond acceptors (Lipinski definition) is 4. The summed E-state index contributed by atoms with van der Waals surface area (Å²) in [5, 5.41) is 1.12. The van der Waals surface area contributed by atoms with Gasteiger partial charge in [0.15, 0.2) is 9.84 Å². The van der Waals surface area contributed by atoms with Gasteiger partial charge in [-0.3, -0.25) is 4.79 Å². The summed E-state index contributed by atoms with van der Waals surface area (Å²) in [6.07, 6.45) is 2.07. The molecule has 1 atom stereocenters. The molecule has 0 aliphatic carbocycles. The third-order valence-corrected chi connectivity index (χ3v) is 8.23.